The lowest BCUT2D eigenvalue weighted by Gasteiger charge is -2.27. The Morgan fingerprint density at radius 3 is 3.08 bits per heavy atom. The van der Waals surface area contributed by atoms with E-state index in [9.17, 15) is 0 Å². The van der Waals surface area contributed by atoms with E-state index in [1.54, 1.807) is 0 Å². The lowest BCUT2D eigenvalue weighted by molar-refractivity contribution is 0.228. The van der Waals surface area contributed by atoms with Gasteiger partial charge in [-0.25, -0.2) is 0 Å². The van der Waals surface area contributed by atoms with Crippen molar-refractivity contribution in [1.82, 2.24) is 25.5 Å². The van der Waals surface area contributed by atoms with Crippen molar-refractivity contribution in [3.05, 3.63) is 47.7 Å². The van der Waals surface area contributed by atoms with E-state index in [1.807, 2.05) is 12.1 Å². The quantitative estimate of drug-likeness (QED) is 0.792. The summed E-state index contributed by atoms with van der Waals surface area (Å²) in [6, 6.07) is 13.3. The Morgan fingerprint density at radius 1 is 1.20 bits per heavy atom. The third kappa shape index (κ3) is 2.70. The molecule has 1 fully saturated rings. The van der Waals surface area contributed by atoms with Gasteiger partial charge < -0.3 is 9.32 Å². The first-order valence-corrected chi connectivity index (χ1v) is 8.76. The molecular formula is C18H20N6O. The van der Waals surface area contributed by atoms with Gasteiger partial charge >= 0.3 is 0 Å². The Morgan fingerprint density at radius 2 is 2.16 bits per heavy atom. The van der Waals surface area contributed by atoms with Crippen molar-refractivity contribution in [3.8, 4) is 11.6 Å². The van der Waals surface area contributed by atoms with Gasteiger partial charge in [0.15, 0.2) is 5.76 Å². The molecule has 7 nitrogen and oxygen atoms in total. The normalized spacial score (nSPS) is 20.3. The molecule has 0 radical (unpaired) electrons. The van der Waals surface area contributed by atoms with E-state index in [0.717, 1.165) is 31.9 Å². The number of rotatable bonds is 3. The summed E-state index contributed by atoms with van der Waals surface area (Å²) in [5.74, 6) is 2.08. The number of fused-ring (bicyclic) bond motifs is 3. The first kappa shape index (κ1) is 14.7. The van der Waals surface area contributed by atoms with Crippen LogP contribution in [0.1, 0.15) is 24.2 Å². The number of aromatic amines is 1. The summed E-state index contributed by atoms with van der Waals surface area (Å²) in [7, 11) is 0. The van der Waals surface area contributed by atoms with Crippen molar-refractivity contribution in [2.75, 3.05) is 18.0 Å². The molecule has 0 bridgehead atoms. The predicted molar refractivity (Wildman–Crippen MR) is 92.8 cm³/mol. The minimum Gasteiger partial charge on any atom is -0.456 e. The highest BCUT2D eigenvalue weighted by molar-refractivity contribution is 5.56. The molecule has 2 aliphatic rings. The molecule has 2 aromatic heterocycles. The molecule has 0 aliphatic carbocycles. The van der Waals surface area contributed by atoms with Crippen LogP contribution in [0.4, 0.5) is 5.69 Å². The maximum atomic E-state index is 5.93. The molecule has 128 valence electrons. The Kier molecular flexibility index (Phi) is 3.52. The van der Waals surface area contributed by atoms with Gasteiger partial charge in [-0.05, 0) is 41.8 Å². The lowest BCUT2D eigenvalue weighted by atomic mass is 10.1. The van der Waals surface area contributed by atoms with Crippen LogP contribution in [-0.2, 0) is 13.1 Å². The third-order valence-corrected chi connectivity index (χ3v) is 5.15. The average molecular weight is 336 g/mol. The maximum absolute atomic E-state index is 5.93. The molecule has 0 amide bonds. The highest BCUT2D eigenvalue weighted by Gasteiger charge is 2.31. The highest BCUT2D eigenvalue weighted by Crippen LogP contribution is 2.33. The lowest BCUT2D eigenvalue weighted by Crippen LogP contribution is -2.37. The summed E-state index contributed by atoms with van der Waals surface area (Å²) in [6.45, 7) is 3.96. The van der Waals surface area contributed by atoms with Gasteiger partial charge in [0.25, 0.3) is 0 Å². The first-order chi connectivity index (χ1) is 12.4. The number of tetrazole rings is 1. The zero-order valence-corrected chi connectivity index (χ0v) is 13.9. The van der Waals surface area contributed by atoms with Crippen LogP contribution >= 0.6 is 0 Å². The topological polar surface area (TPSA) is 74.1 Å². The van der Waals surface area contributed by atoms with Gasteiger partial charge in [0, 0.05) is 31.4 Å². The van der Waals surface area contributed by atoms with Gasteiger partial charge in [0.05, 0.1) is 6.54 Å². The van der Waals surface area contributed by atoms with Crippen molar-refractivity contribution >= 4 is 5.69 Å². The molecule has 2 aliphatic heterocycles. The van der Waals surface area contributed by atoms with Crippen molar-refractivity contribution in [3.63, 3.8) is 0 Å². The number of anilines is 1. The molecule has 1 N–H and O–H groups in total. The fraction of sp³-hybridized carbons (Fsp3) is 0.389. The van der Waals surface area contributed by atoms with Crippen LogP contribution in [0.5, 0.6) is 0 Å². The van der Waals surface area contributed by atoms with Crippen molar-refractivity contribution in [2.45, 2.75) is 32.0 Å². The molecule has 1 aromatic carbocycles. The molecule has 0 saturated carbocycles. The largest absolute Gasteiger partial charge is 0.456 e. The SMILES string of the molecule is c1ccc2c(c1)CN(Cc1ccc(-c3nn[nH]n3)o1)C[C@@H]1CCCN21. The molecular weight excluding hydrogens is 316 g/mol. The third-order valence-electron chi connectivity index (χ3n) is 5.15. The number of nitrogens with one attached hydrogen (secondary N) is 1. The Hall–Kier alpha value is -2.67. The van der Waals surface area contributed by atoms with E-state index >= 15 is 0 Å². The second-order valence-electron chi connectivity index (χ2n) is 6.79. The predicted octanol–water partition coefficient (Wildman–Crippen LogP) is 2.44. The molecule has 5 rings (SSSR count). The van der Waals surface area contributed by atoms with Gasteiger partial charge in [0.2, 0.25) is 5.82 Å². The number of nitrogens with zero attached hydrogens (tertiary/aromatic N) is 5. The van der Waals surface area contributed by atoms with Crippen LogP contribution in [0.25, 0.3) is 11.6 Å². The Balaban J connectivity index is 1.39. The van der Waals surface area contributed by atoms with Crippen LogP contribution in [0.15, 0.2) is 40.8 Å². The zero-order chi connectivity index (χ0) is 16.6. The Labute approximate surface area is 145 Å². The minimum absolute atomic E-state index is 0.495. The maximum Gasteiger partial charge on any atom is 0.239 e. The van der Waals surface area contributed by atoms with E-state index < -0.39 is 0 Å². The van der Waals surface area contributed by atoms with E-state index in [2.05, 4.69) is 54.7 Å². The molecule has 4 heterocycles. The summed E-state index contributed by atoms with van der Waals surface area (Å²) >= 11 is 0. The smallest absolute Gasteiger partial charge is 0.239 e. The number of hydrogen-bond acceptors (Lipinski definition) is 6. The van der Waals surface area contributed by atoms with Gasteiger partial charge in [0.1, 0.15) is 5.76 Å². The fourth-order valence-electron chi connectivity index (χ4n) is 4.06. The standard InChI is InChI=1S/C18H20N6O/c1-2-6-16-13(4-1)10-23(11-14-5-3-9-24(14)16)12-15-7-8-17(25-15)18-19-21-22-20-18/h1-2,4,6-8,14H,3,5,9-12H2,(H,19,20,21,22)/t14-/m0/s1. The minimum atomic E-state index is 0.495. The zero-order valence-electron chi connectivity index (χ0n) is 13.9. The van der Waals surface area contributed by atoms with Gasteiger partial charge in [-0.15, -0.1) is 10.2 Å². The van der Waals surface area contributed by atoms with Gasteiger partial charge in [-0.2, -0.15) is 5.21 Å². The monoisotopic (exact) mass is 336 g/mol. The van der Waals surface area contributed by atoms with Gasteiger partial charge in [-0.1, -0.05) is 18.2 Å². The molecule has 25 heavy (non-hydrogen) atoms. The summed E-state index contributed by atoms with van der Waals surface area (Å²) in [5.41, 5.74) is 2.80. The molecule has 3 aromatic rings. The van der Waals surface area contributed by atoms with E-state index in [1.165, 1.54) is 24.1 Å². The summed E-state index contributed by atoms with van der Waals surface area (Å²) in [4.78, 5) is 5.07. The van der Waals surface area contributed by atoms with Crippen LogP contribution < -0.4 is 4.90 Å². The van der Waals surface area contributed by atoms with E-state index in [0.29, 0.717) is 17.6 Å². The highest BCUT2D eigenvalue weighted by atomic mass is 16.3. The van der Waals surface area contributed by atoms with E-state index in [-0.39, 0.29) is 0 Å². The van der Waals surface area contributed by atoms with Crippen LogP contribution in [0, 0.1) is 0 Å². The second kappa shape index (κ2) is 6.00. The number of para-hydroxylation sites is 1. The first-order valence-electron chi connectivity index (χ1n) is 8.76. The van der Waals surface area contributed by atoms with Gasteiger partial charge in [-0.3, -0.25) is 4.90 Å². The van der Waals surface area contributed by atoms with Crippen LogP contribution in [0.2, 0.25) is 0 Å². The Bertz CT molecular complexity index is 858. The number of furan rings is 1. The second-order valence-corrected chi connectivity index (χ2v) is 6.79. The summed E-state index contributed by atoms with van der Waals surface area (Å²) in [5, 5.41) is 14.0. The van der Waals surface area contributed by atoms with Crippen LogP contribution in [0.3, 0.4) is 0 Å². The number of aromatic nitrogens is 4. The number of H-pyrrole nitrogens is 1. The van der Waals surface area contributed by atoms with Crippen molar-refractivity contribution in [1.29, 1.82) is 0 Å². The van der Waals surface area contributed by atoms with E-state index in [4.69, 9.17) is 4.42 Å². The average Bonchev–Trinajstić information content (AvgIpc) is 3.35. The number of hydrogen-bond donors (Lipinski definition) is 1. The van der Waals surface area contributed by atoms with Crippen molar-refractivity contribution < 1.29 is 4.42 Å². The molecule has 0 unspecified atom stereocenters. The number of benzene rings is 1. The van der Waals surface area contributed by atoms with Crippen LogP contribution in [-0.4, -0.2) is 44.7 Å². The molecule has 7 heteroatoms. The molecule has 1 saturated heterocycles. The molecule has 0 spiro atoms. The fourth-order valence-corrected chi connectivity index (χ4v) is 4.06. The summed E-state index contributed by atoms with van der Waals surface area (Å²) in [6.07, 6.45) is 2.53. The summed E-state index contributed by atoms with van der Waals surface area (Å²) < 4.78 is 5.93. The molecule has 1 atom stereocenters. The van der Waals surface area contributed by atoms with Crippen molar-refractivity contribution in [2.24, 2.45) is 0 Å².